The molecule has 0 fully saturated rings. The maximum absolute atomic E-state index is 12.7. The lowest BCUT2D eigenvalue weighted by Gasteiger charge is -2.19. The molecule has 2 unspecified atom stereocenters. The van der Waals surface area contributed by atoms with Gasteiger partial charge in [-0.1, -0.05) is 252 Å². The van der Waals surface area contributed by atoms with Crippen LogP contribution in [0.25, 0.3) is 0 Å². The fourth-order valence-corrected chi connectivity index (χ4v) is 9.02. The Hall–Kier alpha value is -3.07. The van der Waals surface area contributed by atoms with Crippen LogP contribution in [0.1, 0.15) is 264 Å². The number of allylic oxidation sites excluding steroid dienone is 16. The number of carbonyl (C=O) groups excluding carboxylic acids is 2. The first-order chi connectivity index (χ1) is 36.3. The van der Waals surface area contributed by atoms with E-state index in [-0.39, 0.29) is 38.6 Å². The number of unbranched alkanes of at least 4 members (excludes halogenated alkanes) is 27. The maximum Gasteiger partial charge on any atom is 0.472 e. The van der Waals surface area contributed by atoms with Crippen LogP contribution < -0.4 is 5.73 Å². The number of carbonyl (C=O) groups is 2. The fraction of sp³-hybridized carbons (Fsp3) is 0.719. The molecular weight excluding hydrogens is 942 g/mol. The van der Waals surface area contributed by atoms with Gasteiger partial charge in [0, 0.05) is 19.4 Å². The van der Waals surface area contributed by atoms with Crippen LogP contribution in [0.4, 0.5) is 0 Å². The highest BCUT2D eigenvalue weighted by molar-refractivity contribution is 7.47. The number of hydrogen-bond donors (Lipinski definition) is 2. The van der Waals surface area contributed by atoms with Crippen molar-refractivity contribution in [1.82, 2.24) is 0 Å². The van der Waals surface area contributed by atoms with Crippen molar-refractivity contribution in [2.75, 3.05) is 26.4 Å². The van der Waals surface area contributed by atoms with Gasteiger partial charge in [-0.15, -0.1) is 0 Å². The van der Waals surface area contributed by atoms with Crippen LogP contribution in [0.15, 0.2) is 97.2 Å². The van der Waals surface area contributed by atoms with E-state index in [1.807, 2.05) is 0 Å². The predicted molar refractivity (Wildman–Crippen MR) is 316 cm³/mol. The van der Waals surface area contributed by atoms with E-state index < -0.39 is 26.5 Å². The van der Waals surface area contributed by atoms with Crippen molar-refractivity contribution in [3.63, 3.8) is 0 Å². The molecule has 0 aromatic heterocycles. The Morgan fingerprint density at radius 2 is 0.743 bits per heavy atom. The Morgan fingerprint density at radius 1 is 0.419 bits per heavy atom. The van der Waals surface area contributed by atoms with E-state index >= 15 is 0 Å². The monoisotopic (exact) mass is 1050 g/mol. The summed E-state index contributed by atoms with van der Waals surface area (Å²) in [6, 6.07) is 0. The molecule has 0 bridgehead atoms. The number of hydrogen-bond acceptors (Lipinski definition) is 8. The zero-order valence-electron chi connectivity index (χ0n) is 47.6. The lowest BCUT2D eigenvalue weighted by Crippen LogP contribution is -2.29. The van der Waals surface area contributed by atoms with E-state index in [0.717, 1.165) is 96.3 Å². The molecule has 426 valence electrons. The molecule has 0 aromatic rings. The van der Waals surface area contributed by atoms with Crippen LogP contribution in [-0.4, -0.2) is 49.3 Å². The second-order valence-electron chi connectivity index (χ2n) is 19.8. The SMILES string of the molecule is CC/C=C\C/C=C\C/C=C\C/C=C\C/C=C\C/C=C\C/C=C\CCCCCCCCCCCCCCCC(=O)OC(COC(=O)CCCCCCCCC/C=C\CCCCCCCCC)COP(=O)(O)OCCN. The average molecular weight is 1050 g/mol. The smallest absolute Gasteiger partial charge is 0.462 e. The molecule has 0 aliphatic rings. The highest BCUT2D eigenvalue weighted by Gasteiger charge is 2.26. The van der Waals surface area contributed by atoms with Crippen LogP contribution >= 0.6 is 7.82 Å². The third kappa shape index (κ3) is 58.2. The quantitative estimate of drug-likeness (QED) is 0.0264. The molecule has 0 aliphatic heterocycles. The van der Waals surface area contributed by atoms with Gasteiger partial charge in [-0.05, 0) is 96.3 Å². The van der Waals surface area contributed by atoms with E-state index in [4.69, 9.17) is 24.3 Å². The number of phosphoric ester groups is 1. The van der Waals surface area contributed by atoms with E-state index in [0.29, 0.717) is 6.42 Å². The maximum atomic E-state index is 12.7. The Morgan fingerprint density at radius 3 is 1.12 bits per heavy atom. The molecular formula is C64H112NO8P. The Balaban J connectivity index is 3.94. The van der Waals surface area contributed by atoms with E-state index in [1.165, 1.54) is 135 Å². The summed E-state index contributed by atoms with van der Waals surface area (Å²) in [5.74, 6) is -0.831. The van der Waals surface area contributed by atoms with Crippen molar-refractivity contribution < 1.29 is 37.6 Å². The van der Waals surface area contributed by atoms with E-state index in [1.54, 1.807) is 0 Å². The largest absolute Gasteiger partial charge is 0.472 e. The minimum Gasteiger partial charge on any atom is -0.462 e. The summed E-state index contributed by atoms with van der Waals surface area (Å²) in [7, 11) is -4.39. The second-order valence-corrected chi connectivity index (χ2v) is 21.3. The molecule has 0 saturated heterocycles. The molecule has 0 aromatic carbocycles. The summed E-state index contributed by atoms with van der Waals surface area (Å²) in [4.78, 5) is 35.2. The highest BCUT2D eigenvalue weighted by Crippen LogP contribution is 2.43. The van der Waals surface area contributed by atoms with Gasteiger partial charge in [-0.3, -0.25) is 18.6 Å². The standard InChI is InChI=1S/C64H112NO8P/c1-3-5-7-9-11-13-15-17-19-21-23-24-25-26-27-28-29-30-31-32-33-34-35-36-37-38-39-41-43-45-47-49-51-53-55-57-64(67)73-62(61-72-74(68,69)71-59-58-65)60-70-63(66)56-54-52-50-48-46-44-42-40-22-20-18-16-14-12-10-8-6-4-2/h5,7,11,13,17,19-20,22-24,26-27,29-30,32-33,62H,3-4,6,8-10,12,14-16,18,21,25,28,31,34-61,65H2,1-2H3,(H,68,69)/b7-5-,13-11-,19-17-,22-20-,24-23-,27-26-,30-29-,33-32-. The summed E-state index contributed by atoms with van der Waals surface area (Å²) in [6.07, 6.45) is 78.9. The van der Waals surface area contributed by atoms with Gasteiger partial charge >= 0.3 is 19.8 Å². The van der Waals surface area contributed by atoms with Gasteiger partial charge in [0.1, 0.15) is 6.61 Å². The molecule has 9 nitrogen and oxygen atoms in total. The first kappa shape index (κ1) is 70.9. The van der Waals surface area contributed by atoms with Gasteiger partial charge in [-0.2, -0.15) is 0 Å². The molecule has 10 heteroatoms. The van der Waals surface area contributed by atoms with Gasteiger partial charge in [0.25, 0.3) is 0 Å². The van der Waals surface area contributed by atoms with Crippen molar-refractivity contribution in [2.45, 2.75) is 270 Å². The van der Waals surface area contributed by atoms with Crippen LogP contribution in [0.5, 0.6) is 0 Å². The number of phosphoric acid groups is 1. The Bertz CT molecular complexity index is 1530. The summed E-state index contributed by atoms with van der Waals surface area (Å²) in [6.45, 7) is 3.64. The summed E-state index contributed by atoms with van der Waals surface area (Å²) < 4.78 is 33.0. The highest BCUT2D eigenvalue weighted by atomic mass is 31.2. The van der Waals surface area contributed by atoms with Gasteiger partial charge < -0.3 is 20.1 Å². The zero-order chi connectivity index (χ0) is 53.8. The number of esters is 2. The average Bonchev–Trinajstić information content (AvgIpc) is 3.39. The van der Waals surface area contributed by atoms with Crippen LogP contribution in [0, 0.1) is 0 Å². The number of rotatable bonds is 56. The summed E-state index contributed by atoms with van der Waals surface area (Å²) in [5.41, 5.74) is 5.38. The summed E-state index contributed by atoms with van der Waals surface area (Å²) in [5, 5.41) is 0. The molecule has 2 atom stereocenters. The molecule has 0 radical (unpaired) electrons. The van der Waals surface area contributed by atoms with Crippen molar-refractivity contribution in [2.24, 2.45) is 5.73 Å². The van der Waals surface area contributed by atoms with Crippen molar-refractivity contribution in [3.05, 3.63) is 97.2 Å². The zero-order valence-corrected chi connectivity index (χ0v) is 48.4. The molecule has 0 saturated carbocycles. The number of nitrogens with two attached hydrogens (primary N) is 1. The van der Waals surface area contributed by atoms with Crippen LogP contribution in [-0.2, 0) is 32.7 Å². The minimum absolute atomic E-state index is 0.0498. The van der Waals surface area contributed by atoms with Gasteiger partial charge in [0.15, 0.2) is 6.10 Å². The van der Waals surface area contributed by atoms with Crippen LogP contribution in [0.3, 0.4) is 0 Å². The minimum atomic E-state index is -4.39. The molecule has 0 aliphatic carbocycles. The first-order valence-electron chi connectivity index (χ1n) is 30.2. The van der Waals surface area contributed by atoms with E-state index in [9.17, 15) is 19.0 Å². The van der Waals surface area contributed by atoms with Crippen molar-refractivity contribution in [3.8, 4) is 0 Å². The fourth-order valence-electron chi connectivity index (χ4n) is 8.26. The molecule has 0 amide bonds. The molecule has 0 spiro atoms. The van der Waals surface area contributed by atoms with Crippen LogP contribution in [0.2, 0.25) is 0 Å². The Labute approximate surface area is 455 Å². The first-order valence-corrected chi connectivity index (χ1v) is 31.7. The van der Waals surface area contributed by atoms with Gasteiger partial charge in [-0.25, -0.2) is 4.57 Å². The summed E-state index contributed by atoms with van der Waals surface area (Å²) >= 11 is 0. The molecule has 0 heterocycles. The second kappa shape index (κ2) is 59.2. The normalized spacial score (nSPS) is 13.7. The molecule has 3 N–H and O–H groups in total. The van der Waals surface area contributed by atoms with E-state index in [2.05, 4.69) is 111 Å². The third-order valence-electron chi connectivity index (χ3n) is 12.7. The topological polar surface area (TPSA) is 134 Å². The lowest BCUT2D eigenvalue weighted by atomic mass is 10.0. The third-order valence-corrected chi connectivity index (χ3v) is 13.7. The van der Waals surface area contributed by atoms with Gasteiger partial charge in [0.2, 0.25) is 0 Å². The predicted octanol–water partition coefficient (Wildman–Crippen LogP) is 19.2. The molecule has 0 rings (SSSR count). The number of ether oxygens (including phenoxy) is 2. The van der Waals surface area contributed by atoms with Crippen molar-refractivity contribution in [1.29, 1.82) is 0 Å². The molecule has 74 heavy (non-hydrogen) atoms. The van der Waals surface area contributed by atoms with Gasteiger partial charge in [0.05, 0.1) is 13.2 Å². The lowest BCUT2D eigenvalue weighted by molar-refractivity contribution is -0.161. The van der Waals surface area contributed by atoms with Crippen molar-refractivity contribution >= 4 is 19.8 Å². The Kier molecular flexibility index (Phi) is 56.7.